The van der Waals surface area contributed by atoms with Gasteiger partial charge in [-0.3, -0.25) is 4.79 Å². The number of carbonyl (C=O) groups excluding carboxylic acids is 1. The number of benzene rings is 1. The monoisotopic (exact) mass is 279 g/mol. The SMILES string of the molecule is CC/C=C(\C)C(=O)NCc1cc(OC)c(O)c(OC)c1. The van der Waals surface area contributed by atoms with Gasteiger partial charge in [0, 0.05) is 12.1 Å². The van der Waals surface area contributed by atoms with Crippen molar-refractivity contribution in [2.45, 2.75) is 26.8 Å². The van der Waals surface area contributed by atoms with Crippen molar-refractivity contribution in [3.05, 3.63) is 29.3 Å². The Labute approximate surface area is 119 Å². The lowest BCUT2D eigenvalue weighted by molar-refractivity contribution is -0.117. The van der Waals surface area contributed by atoms with Crippen LogP contribution in [0.2, 0.25) is 0 Å². The van der Waals surface area contributed by atoms with Gasteiger partial charge in [0.05, 0.1) is 14.2 Å². The van der Waals surface area contributed by atoms with E-state index in [-0.39, 0.29) is 11.7 Å². The Hall–Kier alpha value is -2.17. The van der Waals surface area contributed by atoms with Gasteiger partial charge in [0.25, 0.3) is 0 Å². The summed E-state index contributed by atoms with van der Waals surface area (Å²) in [6.07, 6.45) is 2.69. The smallest absolute Gasteiger partial charge is 0.246 e. The van der Waals surface area contributed by atoms with Gasteiger partial charge in [0.15, 0.2) is 11.5 Å². The number of rotatable bonds is 6. The second-order valence-corrected chi connectivity index (χ2v) is 4.33. The number of phenols is 1. The van der Waals surface area contributed by atoms with Crippen LogP contribution in [0.15, 0.2) is 23.8 Å². The number of allylic oxidation sites excluding steroid dienone is 1. The van der Waals surface area contributed by atoms with Crippen LogP contribution in [-0.4, -0.2) is 25.2 Å². The number of amides is 1. The lowest BCUT2D eigenvalue weighted by Crippen LogP contribution is -2.23. The first-order chi connectivity index (χ1) is 9.53. The third kappa shape index (κ3) is 3.91. The maximum atomic E-state index is 11.8. The van der Waals surface area contributed by atoms with Crippen molar-refractivity contribution in [1.29, 1.82) is 0 Å². The van der Waals surface area contributed by atoms with Crippen molar-refractivity contribution in [2.75, 3.05) is 14.2 Å². The number of hydrogen-bond acceptors (Lipinski definition) is 4. The Kier molecular flexibility index (Phi) is 5.90. The molecular formula is C15H21NO4. The van der Waals surface area contributed by atoms with Crippen molar-refractivity contribution >= 4 is 5.91 Å². The van der Waals surface area contributed by atoms with Crippen LogP contribution in [0.3, 0.4) is 0 Å². The minimum absolute atomic E-state index is 0.0489. The lowest BCUT2D eigenvalue weighted by atomic mass is 10.1. The van der Waals surface area contributed by atoms with Gasteiger partial charge in [-0.1, -0.05) is 13.0 Å². The van der Waals surface area contributed by atoms with Crippen molar-refractivity contribution in [2.24, 2.45) is 0 Å². The van der Waals surface area contributed by atoms with Gasteiger partial charge in [-0.25, -0.2) is 0 Å². The van der Waals surface area contributed by atoms with Gasteiger partial charge in [0.1, 0.15) is 0 Å². The standard InChI is InChI=1S/C15H21NO4/c1-5-6-10(2)15(18)16-9-11-7-12(19-3)14(17)13(8-11)20-4/h6-8,17H,5,9H2,1-4H3,(H,16,18)/b10-6+. The Morgan fingerprint density at radius 3 is 2.30 bits per heavy atom. The highest BCUT2D eigenvalue weighted by atomic mass is 16.5. The molecule has 1 amide bonds. The van der Waals surface area contributed by atoms with Gasteiger partial charge in [-0.05, 0) is 31.0 Å². The minimum Gasteiger partial charge on any atom is -0.502 e. The molecule has 0 fully saturated rings. The molecule has 2 N–H and O–H groups in total. The molecule has 0 bridgehead atoms. The van der Waals surface area contributed by atoms with Crippen molar-refractivity contribution < 1.29 is 19.4 Å². The van der Waals surface area contributed by atoms with Gasteiger partial charge >= 0.3 is 0 Å². The summed E-state index contributed by atoms with van der Waals surface area (Å²) in [5, 5.41) is 12.6. The second kappa shape index (κ2) is 7.43. The molecule has 1 aromatic carbocycles. The topological polar surface area (TPSA) is 67.8 Å². The molecule has 1 rings (SSSR count). The molecule has 0 aromatic heterocycles. The summed E-state index contributed by atoms with van der Waals surface area (Å²) in [6, 6.07) is 3.33. The molecule has 0 spiro atoms. The van der Waals surface area contributed by atoms with Crippen LogP contribution < -0.4 is 14.8 Å². The molecule has 0 aliphatic carbocycles. The largest absolute Gasteiger partial charge is 0.502 e. The molecule has 20 heavy (non-hydrogen) atoms. The highest BCUT2D eigenvalue weighted by Crippen LogP contribution is 2.36. The third-order valence-corrected chi connectivity index (χ3v) is 2.86. The van der Waals surface area contributed by atoms with Crippen molar-refractivity contribution in [3.8, 4) is 17.2 Å². The van der Waals surface area contributed by atoms with Crippen LogP contribution in [0.25, 0.3) is 0 Å². The fourth-order valence-corrected chi connectivity index (χ4v) is 1.77. The number of ether oxygens (including phenoxy) is 2. The Bertz CT molecular complexity index is 484. The van der Waals surface area contributed by atoms with Crippen LogP contribution in [0.5, 0.6) is 17.2 Å². The van der Waals surface area contributed by atoms with Crippen LogP contribution in [0.4, 0.5) is 0 Å². The van der Waals surface area contributed by atoms with E-state index >= 15 is 0 Å². The number of methoxy groups -OCH3 is 2. The number of nitrogens with one attached hydrogen (secondary N) is 1. The van der Waals surface area contributed by atoms with E-state index < -0.39 is 0 Å². The Morgan fingerprint density at radius 2 is 1.85 bits per heavy atom. The van der Waals surface area contributed by atoms with E-state index in [1.165, 1.54) is 14.2 Å². The molecule has 0 radical (unpaired) electrons. The van der Waals surface area contributed by atoms with E-state index in [4.69, 9.17) is 9.47 Å². The lowest BCUT2D eigenvalue weighted by Gasteiger charge is -2.12. The summed E-state index contributed by atoms with van der Waals surface area (Å²) in [4.78, 5) is 11.8. The van der Waals surface area contributed by atoms with Gasteiger partial charge in [-0.15, -0.1) is 0 Å². The molecule has 0 aliphatic heterocycles. The molecule has 0 aliphatic rings. The summed E-state index contributed by atoms with van der Waals surface area (Å²) in [7, 11) is 2.93. The van der Waals surface area contributed by atoms with Crippen molar-refractivity contribution in [3.63, 3.8) is 0 Å². The first kappa shape index (κ1) is 15.9. The summed E-state index contributed by atoms with van der Waals surface area (Å²) in [5.41, 5.74) is 1.47. The first-order valence-corrected chi connectivity index (χ1v) is 6.42. The molecular weight excluding hydrogens is 258 g/mol. The average Bonchev–Trinajstić information content (AvgIpc) is 2.45. The molecule has 0 atom stereocenters. The van der Waals surface area contributed by atoms with Crippen LogP contribution >= 0.6 is 0 Å². The van der Waals surface area contributed by atoms with E-state index in [9.17, 15) is 9.90 Å². The van der Waals surface area contributed by atoms with Gasteiger partial charge < -0.3 is 19.9 Å². The summed E-state index contributed by atoms with van der Waals surface area (Å²) in [5.74, 6) is 0.467. The quantitative estimate of drug-likeness (QED) is 0.785. The van der Waals surface area contributed by atoms with Gasteiger partial charge in [0.2, 0.25) is 11.7 Å². The summed E-state index contributed by atoms with van der Waals surface area (Å²) < 4.78 is 10.1. The number of phenolic OH excluding ortho intramolecular Hbond substituents is 1. The minimum atomic E-state index is -0.113. The predicted octanol–water partition coefficient (Wildman–Crippen LogP) is 2.38. The average molecular weight is 279 g/mol. The van der Waals surface area contributed by atoms with E-state index in [0.717, 1.165) is 12.0 Å². The predicted molar refractivity (Wildman–Crippen MR) is 77.1 cm³/mol. The molecule has 110 valence electrons. The molecule has 5 nitrogen and oxygen atoms in total. The van der Waals surface area contributed by atoms with Crippen LogP contribution in [0, 0.1) is 0 Å². The maximum absolute atomic E-state index is 11.8. The zero-order valence-electron chi connectivity index (χ0n) is 12.3. The third-order valence-electron chi connectivity index (χ3n) is 2.86. The van der Waals surface area contributed by atoms with E-state index in [0.29, 0.717) is 23.6 Å². The highest BCUT2D eigenvalue weighted by Gasteiger charge is 2.12. The van der Waals surface area contributed by atoms with E-state index in [1.807, 2.05) is 13.0 Å². The highest BCUT2D eigenvalue weighted by molar-refractivity contribution is 5.92. The fourth-order valence-electron chi connectivity index (χ4n) is 1.77. The van der Waals surface area contributed by atoms with E-state index in [2.05, 4.69) is 5.32 Å². The summed E-state index contributed by atoms with van der Waals surface area (Å²) >= 11 is 0. The van der Waals surface area contributed by atoms with Crippen LogP contribution in [0.1, 0.15) is 25.8 Å². The normalized spacial score (nSPS) is 11.1. The molecule has 0 heterocycles. The number of hydrogen-bond donors (Lipinski definition) is 2. The summed E-state index contributed by atoms with van der Waals surface area (Å²) in [6.45, 7) is 4.09. The van der Waals surface area contributed by atoms with E-state index in [1.54, 1.807) is 19.1 Å². The van der Waals surface area contributed by atoms with Crippen molar-refractivity contribution in [1.82, 2.24) is 5.32 Å². The van der Waals surface area contributed by atoms with Crippen LogP contribution in [-0.2, 0) is 11.3 Å². The molecule has 5 heteroatoms. The van der Waals surface area contributed by atoms with Gasteiger partial charge in [-0.2, -0.15) is 0 Å². The zero-order valence-corrected chi connectivity index (χ0v) is 12.3. The molecule has 0 saturated carbocycles. The first-order valence-electron chi connectivity index (χ1n) is 6.42. The molecule has 0 saturated heterocycles. The Balaban J connectivity index is 2.83. The molecule has 0 unspecified atom stereocenters. The number of carbonyl (C=O) groups is 1. The second-order valence-electron chi connectivity index (χ2n) is 4.33. The Morgan fingerprint density at radius 1 is 1.30 bits per heavy atom. The fraction of sp³-hybridized carbons (Fsp3) is 0.400. The molecule has 1 aromatic rings. The zero-order chi connectivity index (χ0) is 15.1. The number of aromatic hydroxyl groups is 1. The maximum Gasteiger partial charge on any atom is 0.246 e.